The fourth-order valence-corrected chi connectivity index (χ4v) is 2.90. The van der Waals surface area contributed by atoms with Crippen molar-refractivity contribution in [3.8, 4) is 11.3 Å². The summed E-state index contributed by atoms with van der Waals surface area (Å²) in [5.74, 6) is 0.852. The van der Waals surface area contributed by atoms with Crippen LogP contribution in [0.2, 0.25) is 10.0 Å². The molecule has 1 aromatic heterocycles. The molecular weight excluding hydrogens is 361 g/mol. The number of hydrogen-bond donors (Lipinski definition) is 2. The molecule has 0 fully saturated rings. The van der Waals surface area contributed by atoms with Crippen LogP contribution < -0.4 is 11.1 Å². The smallest absolute Gasteiger partial charge is 0.222 e. The van der Waals surface area contributed by atoms with Crippen LogP contribution in [0.1, 0.15) is 12.8 Å². The summed E-state index contributed by atoms with van der Waals surface area (Å²) in [5, 5.41) is 6.12. The molecule has 0 saturated carbocycles. The van der Waals surface area contributed by atoms with Crippen molar-refractivity contribution in [3.05, 3.63) is 46.6 Å². The standard InChI is InChI=1S/C17H19Cl2N5O/c18-13-6-3-5-12(16(13)19)14-11-15(23-17(20)22-14)21-7-1-2-8-24-9-4-10-25-24/h3-6,10-11H,1-2,7-9H2,(H3,20,21,22,23). The Bertz CT molecular complexity index is 761. The van der Waals surface area contributed by atoms with Gasteiger partial charge in [-0.1, -0.05) is 35.3 Å². The first kappa shape index (κ1) is 17.8. The fraction of sp³-hybridized carbons (Fsp3) is 0.294. The molecule has 132 valence electrons. The SMILES string of the molecule is Nc1nc(NCCCCN2CC=CO2)cc(-c2cccc(Cl)c2Cl)n1. The zero-order chi connectivity index (χ0) is 17.6. The molecule has 0 bridgehead atoms. The Hall–Kier alpha value is -2.02. The highest BCUT2D eigenvalue weighted by atomic mass is 35.5. The van der Waals surface area contributed by atoms with Crippen LogP contribution >= 0.6 is 23.2 Å². The van der Waals surface area contributed by atoms with E-state index in [0.717, 1.165) is 38.0 Å². The first-order valence-corrected chi connectivity index (χ1v) is 8.78. The van der Waals surface area contributed by atoms with Crippen LogP contribution in [0.5, 0.6) is 0 Å². The average Bonchev–Trinajstić information content (AvgIpc) is 3.10. The van der Waals surface area contributed by atoms with E-state index in [0.29, 0.717) is 21.6 Å². The Balaban J connectivity index is 1.58. The third-order valence-corrected chi connectivity index (χ3v) is 4.55. The van der Waals surface area contributed by atoms with Gasteiger partial charge in [-0.25, -0.2) is 4.98 Å². The molecule has 2 heterocycles. The molecule has 3 N–H and O–H groups in total. The van der Waals surface area contributed by atoms with Gasteiger partial charge in [0.05, 0.1) is 22.3 Å². The van der Waals surface area contributed by atoms with E-state index in [1.165, 1.54) is 0 Å². The molecule has 2 aromatic rings. The predicted octanol–water partition coefficient (Wildman–Crippen LogP) is 3.99. The molecule has 1 aromatic carbocycles. The van der Waals surface area contributed by atoms with E-state index in [4.69, 9.17) is 33.8 Å². The van der Waals surface area contributed by atoms with Gasteiger partial charge >= 0.3 is 0 Å². The molecule has 0 unspecified atom stereocenters. The summed E-state index contributed by atoms with van der Waals surface area (Å²) in [4.78, 5) is 13.8. The van der Waals surface area contributed by atoms with Crippen LogP contribution in [0, 0.1) is 0 Å². The lowest BCUT2D eigenvalue weighted by molar-refractivity contribution is -0.0758. The van der Waals surface area contributed by atoms with Gasteiger partial charge in [0.25, 0.3) is 0 Å². The third kappa shape index (κ3) is 4.75. The number of halogens is 2. The van der Waals surface area contributed by atoms with Crippen molar-refractivity contribution >= 4 is 35.0 Å². The molecule has 1 aliphatic rings. The maximum absolute atomic E-state index is 6.27. The number of benzene rings is 1. The Kier molecular flexibility index (Phi) is 5.96. The maximum atomic E-state index is 6.27. The van der Waals surface area contributed by atoms with Crippen molar-refractivity contribution in [3.63, 3.8) is 0 Å². The van der Waals surface area contributed by atoms with Gasteiger partial charge < -0.3 is 15.9 Å². The number of nitrogens with zero attached hydrogens (tertiary/aromatic N) is 3. The highest BCUT2D eigenvalue weighted by Gasteiger charge is 2.11. The van der Waals surface area contributed by atoms with E-state index >= 15 is 0 Å². The first-order chi connectivity index (χ1) is 12.1. The van der Waals surface area contributed by atoms with Gasteiger partial charge in [0.2, 0.25) is 5.95 Å². The van der Waals surface area contributed by atoms with Crippen LogP contribution in [-0.4, -0.2) is 34.7 Å². The molecule has 0 spiro atoms. The topological polar surface area (TPSA) is 76.3 Å². The zero-order valence-electron chi connectivity index (χ0n) is 13.6. The van der Waals surface area contributed by atoms with E-state index in [-0.39, 0.29) is 5.95 Å². The molecule has 3 rings (SSSR count). The second kappa shape index (κ2) is 8.38. The third-order valence-electron chi connectivity index (χ3n) is 3.73. The molecule has 0 atom stereocenters. The minimum atomic E-state index is 0.188. The summed E-state index contributed by atoms with van der Waals surface area (Å²) < 4.78 is 0. The molecule has 25 heavy (non-hydrogen) atoms. The lowest BCUT2D eigenvalue weighted by Crippen LogP contribution is -2.20. The van der Waals surface area contributed by atoms with E-state index in [2.05, 4.69) is 15.3 Å². The molecule has 1 aliphatic heterocycles. The Morgan fingerprint density at radius 1 is 1.24 bits per heavy atom. The van der Waals surface area contributed by atoms with Gasteiger partial charge in [-0.05, 0) is 25.0 Å². The minimum absolute atomic E-state index is 0.188. The van der Waals surface area contributed by atoms with Crippen molar-refractivity contribution in [1.29, 1.82) is 0 Å². The van der Waals surface area contributed by atoms with Crippen molar-refractivity contribution in [2.75, 3.05) is 30.7 Å². The number of nitrogens with two attached hydrogens (primary N) is 1. The quantitative estimate of drug-likeness (QED) is 0.708. The van der Waals surface area contributed by atoms with Crippen molar-refractivity contribution in [2.45, 2.75) is 12.8 Å². The monoisotopic (exact) mass is 379 g/mol. The highest BCUT2D eigenvalue weighted by Crippen LogP contribution is 2.33. The fourth-order valence-electron chi connectivity index (χ4n) is 2.50. The largest absolute Gasteiger partial charge is 0.414 e. The number of hydroxylamine groups is 2. The maximum Gasteiger partial charge on any atom is 0.222 e. The molecular formula is C17H19Cl2N5O. The number of rotatable bonds is 7. The van der Waals surface area contributed by atoms with Crippen molar-refractivity contribution in [1.82, 2.24) is 15.0 Å². The predicted molar refractivity (Wildman–Crippen MR) is 101 cm³/mol. The summed E-state index contributed by atoms with van der Waals surface area (Å²) in [6.07, 6.45) is 5.70. The van der Waals surface area contributed by atoms with Crippen LogP contribution in [-0.2, 0) is 4.84 Å². The van der Waals surface area contributed by atoms with Gasteiger partial charge in [-0.2, -0.15) is 4.98 Å². The van der Waals surface area contributed by atoms with E-state index in [1.54, 1.807) is 12.3 Å². The lowest BCUT2D eigenvalue weighted by atomic mass is 10.1. The van der Waals surface area contributed by atoms with Gasteiger partial charge in [0.1, 0.15) is 12.1 Å². The molecule has 0 saturated heterocycles. The molecule has 0 amide bonds. The number of anilines is 2. The van der Waals surface area contributed by atoms with E-state index in [1.807, 2.05) is 29.3 Å². The van der Waals surface area contributed by atoms with Crippen molar-refractivity contribution < 1.29 is 4.84 Å². The van der Waals surface area contributed by atoms with Crippen LogP contribution in [0.25, 0.3) is 11.3 Å². The first-order valence-electron chi connectivity index (χ1n) is 8.03. The highest BCUT2D eigenvalue weighted by molar-refractivity contribution is 6.43. The minimum Gasteiger partial charge on any atom is -0.414 e. The summed E-state index contributed by atoms with van der Waals surface area (Å²) in [5.41, 5.74) is 7.19. The zero-order valence-corrected chi connectivity index (χ0v) is 15.1. The lowest BCUT2D eigenvalue weighted by Gasteiger charge is -2.14. The van der Waals surface area contributed by atoms with E-state index in [9.17, 15) is 0 Å². The Labute approximate surface area is 156 Å². The summed E-state index contributed by atoms with van der Waals surface area (Å²) in [6.45, 7) is 2.52. The Morgan fingerprint density at radius 3 is 2.92 bits per heavy atom. The molecule has 8 heteroatoms. The van der Waals surface area contributed by atoms with Gasteiger partial charge in [0, 0.05) is 24.7 Å². The normalized spacial score (nSPS) is 13.8. The summed E-state index contributed by atoms with van der Waals surface area (Å²) in [7, 11) is 0. The second-order valence-electron chi connectivity index (χ2n) is 5.60. The molecule has 0 aliphatic carbocycles. The van der Waals surface area contributed by atoms with Gasteiger partial charge in [-0.15, -0.1) is 5.06 Å². The summed E-state index contributed by atoms with van der Waals surface area (Å²) in [6, 6.07) is 7.23. The molecule has 6 nitrogen and oxygen atoms in total. The average molecular weight is 380 g/mol. The number of hydrogen-bond acceptors (Lipinski definition) is 6. The summed E-state index contributed by atoms with van der Waals surface area (Å²) >= 11 is 12.3. The number of aromatic nitrogens is 2. The number of unbranched alkanes of at least 4 members (excludes halogenated alkanes) is 1. The number of nitrogens with one attached hydrogen (secondary N) is 1. The Morgan fingerprint density at radius 2 is 2.12 bits per heavy atom. The van der Waals surface area contributed by atoms with E-state index < -0.39 is 0 Å². The second-order valence-corrected chi connectivity index (χ2v) is 6.38. The molecule has 0 radical (unpaired) electrons. The number of nitrogen functional groups attached to an aromatic ring is 1. The van der Waals surface area contributed by atoms with Crippen molar-refractivity contribution in [2.24, 2.45) is 0 Å². The van der Waals surface area contributed by atoms with Gasteiger partial charge in [-0.3, -0.25) is 0 Å². The van der Waals surface area contributed by atoms with Crippen LogP contribution in [0.3, 0.4) is 0 Å². The van der Waals surface area contributed by atoms with Crippen LogP contribution in [0.4, 0.5) is 11.8 Å². The van der Waals surface area contributed by atoms with Crippen LogP contribution in [0.15, 0.2) is 36.6 Å². The van der Waals surface area contributed by atoms with Gasteiger partial charge in [0.15, 0.2) is 0 Å².